The number of nitrogens with one attached hydrogen (secondary N) is 1. The molecule has 6 heteroatoms. The van der Waals surface area contributed by atoms with Gasteiger partial charge in [0, 0.05) is 23.3 Å². The highest BCUT2D eigenvalue weighted by Crippen LogP contribution is 2.30. The molecular formula is C24H23N5O. The Morgan fingerprint density at radius 3 is 2.67 bits per heavy atom. The van der Waals surface area contributed by atoms with Gasteiger partial charge in [-0.25, -0.2) is 9.97 Å². The molecule has 6 nitrogen and oxygen atoms in total. The monoisotopic (exact) mass is 397 g/mol. The first-order valence-corrected chi connectivity index (χ1v) is 9.72. The van der Waals surface area contributed by atoms with Crippen LogP contribution < -0.4 is 15.8 Å². The van der Waals surface area contributed by atoms with Gasteiger partial charge in [0.2, 0.25) is 0 Å². The number of nitrogens with two attached hydrogens (primary N) is 1. The molecule has 3 N–H and O–H groups in total. The molecule has 2 heterocycles. The van der Waals surface area contributed by atoms with Crippen LogP contribution in [0, 0.1) is 13.8 Å². The van der Waals surface area contributed by atoms with Crippen molar-refractivity contribution in [2.24, 2.45) is 5.73 Å². The number of hydrogen-bond acceptors (Lipinski definition) is 6. The van der Waals surface area contributed by atoms with Crippen molar-refractivity contribution < 1.29 is 4.74 Å². The molecule has 0 saturated carbocycles. The van der Waals surface area contributed by atoms with E-state index in [0.717, 1.165) is 45.0 Å². The summed E-state index contributed by atoms with van der Waals surface area (Å²) in [4.78, 5) is 13.1. The summed E-state index contributed by atoms with van der Waals surface area (Å²) in [7, 11) is 0. The van der Waals surface area contributed by atoms with Crippen LogP contribution in [0.5, 0.6) is 11.5 Å². The van der Waals surface area contributed by atoms with Gasteiger partial charge >= 0.3 is 0 Å². The standard InChI is InChI=1S/C24H23N5O/c1-16-12-19(7-10-23(16)30-20-8-5-17(2)26-14-20)29-24-21-13-18(4-3-11-25)6-9-22(21)27-15-28-24/h3-10,12-15H,11,25H2,1-2H3,(H,27,28,29). The van der Waals surface area contributed by atoms with E-state index in [-0.39, 0.29) is 0 Å². The van der Waals surface area contributed by atoms with Gasteiger partial charge in [0.25, 0.3) is 0 Å². The number of ether oxygens (including phenoxy) is 1. The SMILES string of the molecule is Cc1ccc(Oc2ccc(Nc3ncnc4ccc(C=CCN)cc34)cc2C)cn1. The van der Waals surface area contributed by atoms with E-state index in [1.807, 2.05) is 68.5 Å². The Balaban J connectivity index is 1.59. The summed E-state index contributed by atoms with van der Waals surface area (Å²) in [5, 5.41) is 4.35. The lowest BCUT2D eigenvalue weighted by Crippen LogP contribution is -1.97. The highest BCUT2D eigenvalue weighted by Gasteiger charge is 2.08. The van der Waals surface area contributed by atoms with Crippen molar-refractivity contribution in [3.8, 4) is 11.5 Å². The number of rotatable bonds is 6. The average Bonchev–Trinajstić information content (AvgIpc) is 2.76. The molecule has 30 heavy (non-hydrogen) atoms. The van der Waals surface area contributed by atoms with Crippen LogP contribution in [0.25, 0.3) is 17.0 Å². The van der Waals surface area contributed by atoms with E-state index in [2.05, 4.69) is 26.3 Å². The molecule has 0 amide bonds. The zero-order chi connectivity index (χ0) is 20.9. The molecule has 0 bridgehead atoms. The molecule has 0 aliphatic carbocycles. The largest absolute Gasteiger partial charge is 0.455 e. The van der Waals surface area contributed by atoms with Crippen LogP contribution in [0.15, 0.2) is 67.1 Å². The van der Waals surface area contributed by atoms with Crippen molar-refractivity contribution in [1.82, 2.24) is 15.0 Å². The summed E-state index contributed by atoms with van der Waals surface area (Å²) in [6, 6.07) is 15.8. The first kappa shape index (κ1) is 19.5. The Bertz CT molecular complexity index is 1200. The fourth-order valence-electron chi connectivity index (χ4n) is 3.10. The zero-order valence-electron chi connectivity index (χ0n) is 17.0. The van der Waals surface area contributed by atoms with Crippen LogP contribution in [-0.2, 0) is 0 Å². The second-order valence-electron chi connectivity index (χ2n) is 6.98. The second kappa shape index (κ2) is 8.71. The van der Waals surface area contributed by atoms with E-state index >= 15 is 0 Å². The lowest BCUT2D eigenvalue weighted by Gasteiger charge is -2.12. The molecule has 4 aromatic rings. The summed E-state index contributed by atoms with van der Waals surface area (Å²) in [5.41, 5.74) is 10.4. The van der Waals surface area contributed by atoms with Crippen LogP contribution in [0.4, 0.5) is 11.5 Å². The number of aryl methyl sites for hydroxylation is 2. The summed E-state index contributed by atoms with van der Waals surface area (Å²) in [5.74, 6) is 2.25. The van der Waals surface area contributed by atoms with Crippen molar-refractivity contribution in [1.29, 1.82) is 0 Å². The van der Waals surface area contributed by atoms with E-state index in [0.29, 0.717) is 12.3 Å². The third kappa shape index (κ3) is 4.45. The summed E-state index contributed by atoms with van der Waals surface area (Å²) in [6.45, 7) is 4.46. The molecule has 0 fully saturated rings. The van der Waals surface area contributed by atoms with Gasteiger partial charge in [0.15, 0.2) is 0 Å². The summed E-state index contributed by atoms with van der Waals surface area (Å²) >= 11 is 0. The van der Waals surface area contributed by atoms with E-state index in [1.54, 1.807) is 12.5 Å². The number of pyridine rings is 1. The van der Waals surface area contributed by atoms with Crippen LogP contribution in [0.2, 0.25) is 0 Å². The predicted molar refractivity (Wildman–Crippen MR) is 121 cm³/mol. The molecule has 150 valence electrons. The zero-order valence-corrected chi connectivity index (χ0v) is 17.0. The van der Waals surface area contributed by atoms with Crippen LogP contribution >= 0.6 is 0 Å². The first-order valence-electron chi connectivity index (χ1n) is 9.72. The van der Waals surface area contributed by atoms with E-state index < -0.39 is 0 Å². The second-order valence-corrected chi connectivity index (χ2v) is 6.98. The molecule has 0 aliphatic rings. The molecule has 0 radical (unpaired) electrons. The number of nitrogens with zero attached hydrogens (tertiary/aromatic N) is 3. The Kier molecular flexibility index (Phi) is 5.68. The molecule has 0 aliphatic heterocycles. The predicted octanol–water partition coefficient (Wildman–Crippen LogP) is 5.15. The summed E-state index contributed by atoms with van der Waals surface area (Å²) in [6.07, 6.45) is 7.20. The van der Waals surface area contributed by atoms with Gasteiger partial charge in [-0.2, -0.15) is 0 Å². The minimum Gasteiger partial charge on any atom is -0.455 e. The maximum absolute atomic E-state index is 5.96. The van der Waals surface area contributed by atoms with Gasteiger partial charge in [-0.1, -0.05) is 18.2 Å². The van der Waals surface area contributed by atoms with Crippen molar-refractivity contribution >= 4 is 28.5 Å². The van der Waals surface area contributed by atoms with Gasteiger partial charge < -0.3 is 15.8 Å². The maximum atomic E-state index is 5.96. The van der Waals surface area contributed by atoms with Gasteiger partial charge in [-0.3, -0.25) is 4.98 Å². The molecule has 0 atom stereocenters. The number of hydrogen-bond donors (Lipinski definition) is 2. The van der Waals surface area contributed by atoms with E-state index in [9.17, 15) is 0 Å². The van der Waals surface area contributed by atoms with Crippen LogP contribution in [-0.4, -0.2) is 21.5 Å². The van der Waals surface area contributed by atoms with Gasteiger partial charge in [0.05, 0.1) is 11.7 Å². The molecule has 4 rings (SSSR count). The quantitative estimate of drug-likeness (QED) is 0.468. The molecule has 0 unspecified atom stereocenters. The van der Waals surface area contributed by atoms with E-state index in [4.69, 9.17) is 10.5 Å². The highest BCUT2D eigenvalue weighted by molar-refractivity contribution is 5.92. The lowest BCUT2D eigenvalue weighted by molar-refractivity contribution is 0.476. The number of fused-ring (bicyclic) bond motifs is 1. The minimum absolute atomic E-state index is 0.501. The Labute approximate surface area is 175 Å². The van der Waals surface area contributed by atoms with E-state index in [1.165, 1.54) is 0 Å². The topological polar surface area (TPSA) is 86.0 Å². The molecule has 2 aromatic heterocycles. The third-order valence-corrected chi connectivity index (χ3v) is 4.66. The normalized spacial score (nSPS) is 11.2. The van der Waals surface area contributed by atoms with Crippen molar-refractivity contribution in [3.63, 3.8) is 0 Å². The highest BCUT2D eigenvalue weighted by atomic mass is 16.5. The average molecular weight is 397 g/mol. The smallest absolute Gasteiger partial charge is 0.145 e. The summed E-state index contributed by atoms with van der Waals surface area (Å²) < 4.78 is 5.96. The van der Waals surface area contributed by atoms with Gasteiger partial charge in [0.1, 0.15) is 23.6 Å². The van der Waals surface area contributed by atoms with Crippen LogP contribution in [0.3, 0.4) is 0 Å². The molecule has 2 aromatic carbocycles. The van der Waals surface area contributed by atoms with Crippen molar-refractivity contribution in [3.05, 3.63) is 84.0 Å². The lowest BCUT2D eigenvalue weighted by atomic mass is 10.1. The van der Waals surface area contributed by atoms with Crippen molar-refractivity contribution in [2.45, 2.75) is 13.8 Å². The first-order chi connectivity index (χ1) is 14.6. The fraction of sp³-hybridized carbons (Fsp3) is 0.125. The molecule has 0 saturated heterocycles. The fourth-order valence-corrected chi connectivity index (χ4v) is 3.10. The molecular weight excluding hydrogens is 374 g/mol. The number of aromatic nitrogens is 3. The minimum atomic E-state index is 0.501. The van der Waals surface area contributed by atoms with Crippen molar-refractivity contribution in [2.75, 3.05) is 11.9 Å². The Morgan fingerprint density at radius 2 is 1.90 bits per heavy atom. The third-order valence-electron chi connectivity index (χ3n) is 4.66. The molecule has 0 spiro atoms. The number of anilines is 2. The maximum Gasteiger partial charge on any atom is 0.145 e. The van der Waals surface area contributed by atoms with Gasteiger partial charge in [-0.15, -0.1) is 0 Å². The number of benzene rings is 2. The van der Waals surface area contributed by atoms with Crippen LogP contribution in [0.1, 0.15) is 16.8 Å². The Morgan fingerprint density at radius 1 is 1.00 bits per heavy atom. The Hall–Kier alpha value is -3.77. The van der Waals surface area contributed by atoms with Gasteiger partial charge in [-0.05, 0) is 67.4 Å².